The molecule has 3 heterocycles. The van der Waals surface area contributed by atoms with Crippen LogP contribution in [0.2, 0.25) is 0 Å². The molecule has 2 bridgehead atoms. The van der Waals surface area contributed by atoms with Crippen molar-refractivity contribution in [2.75, 3.05) is 24.7 Å². The summed E-state index contributed by atoms with van der Waals surface area (Å²) in [5.41, 5.74) is 0.547. The fourth-order valence-corrected chi connectivity index (χ4v) is 7.76. The number of aryl methyl sites for hydroxylation is 2. The monoisotopic (exact) mass is 580 g/mol. The van der Waals surface area contributed by atoms with Crippen molar-refractivity contribution in [3.8, 4) is 0 Å². The van der Waals surface area contributed by atoms with E-state index in [1.165, 1.54) is 0 Å². The number of esters is 1. The Kier molecular flexibility index (Phi) is 9.68. The average Bonchev–Trinajstić information content (AvgIpc) is 3.58. The van der Waals surface area contributed by atoms with Crippen LogP contribution in [0.15, 0.2) is 43.5 Å². The minimum absolute atomic E-state index is 0.0841. The van der Waals surface area contributed by atoms with Gasteiger partial charge in [-0.3, -0.25) is 14.4 Å². The molecule has 0 radical (unpaired) electrons. The molecule has 0 aromatic heterocycles. The molecule has 3 fully saturated rings. The van der Waals surface area contributed by atoms with Crippen LogP contribution < -0.4 is 4.90 Å². The van der Waals surface area contributed by atoms with Crippen molar-refractivity contribution >= 4 is 23.5 Å². The molecule has 0 aliphatic carbocycles. The van der Waals surface area contributed by atoms with Gasteiger partial charge in [-0.05, 0) is 63.0 Å². The van der Waals surface area contributed by atoms with Gasteiger partial charge in [0.15, 0.2) is 0 Å². The zero-order valence-corrected chi connectivity index (χ0v) is 25.9. The molecular formula is C34H48N2O6. The highest BCUT2D eigenvalue weighted by molar-refractivity contribution is 6.05. The van der Waals surface area contributed by atoms with Crippen molar-refractivity contribution in [2.24, 2.45) is 17.8 Å². The molecule has 42 heavy (non-hydrogen) atoms. The number of carbonyl (C=O) groups excluding carboxylic acids is 3. The molecule has 0 saturated carbocycles. The maximum Gasteiger partial charge on any atom is 0.312 e. The zero-order chi connectivity index (χ0) is 30.8. The quantitative estimate of drug-likeness (QED) is 0.191. The minimum atomic E-state index is -1.20. The van der Waals surface area contributed by atoms with Crippen molar-refractivity contribution < 1.29 is 29.0 Å². The highest BCUT2D eigenvalue weighted by atomic mass is 16.6. The van der Waals surface area contributed by atoms with Crippen molar-refractivity contribution in [1.29, 1.82) is 0 Å². The lowest BCUT2D eigenvalue weighted by Crippen LogP contribution is -2.60. The van der Waals surface area contributed by atoms with Crippen molar-refractivity contribution in [1.82, 2.24) is 4.90 Å². The van der Waals surface area contributed by atoms with E-state index in [9.17, 15) is 19.5 Å². The number of aliphatic hydroxyl groups is 1. The van der Waals surface area contributed by atoms with Gasteiger partial charge in [0.25, 0.3) is 5.91 Å². The molecule has 1 spiro atoms. The van der Waals surface area contributed by atoms with Crippen LogP contribution in [0, 0.1) is 31.6 Å². The molecule has 8 heteroatoms. The lowest BCUT2D eigenvalue weighted by atomic mass is 9.65. The Labute approximate surface area is 250 Å². The van der Waals surface area contributed by atoms with Gasteiger partial charge in [-0.1, -0.05) is 57.5 Å². The summed E-state index contributed by atoms with van der Waals surface area (Å²) in [5, 5.41) is 10.6. The highest BCUT2D eigenvalue weighted by Gasteiger charge is 2.79. The molecule has 1 N–H and O–H groups in total. The first-order valence-electron chi connectivity index (χ1n) is 15.5. The van der Waals surface area contributed by atoms with E-state index >= 15 is 0 Å². The number of amides is 2. The van der Waals surface area contributed by atoms with Gasteiger partial charge in [-0.25, -0.2) is 0 Å². The second-order valence-electron chi connectivity index (χ2n) is 12.3. The number of ether oxygens (including phenoxy) is 2. The van der Waals surface area contributed by atoms with E-state index in [-0.39, 0.29) is 37.5 Å². The smallest absolute Gasteiger partial charge is 0.312 e. The van der Waals surface area contributed by atoms with E-state index in [1.807, 2.05) is 52.8 Å². The van der Waals surface area contributed by atoms with Gasteiger partial charge in [0.2, 0.25) is 5.91 Å². The Bertz CT molecular complexity index is 1190. The topological polar surface area (TPSA) is 96.4 Å². The Morgan fingerprint density at radius 3 is 2.48 bits per heavy atom. The van der Waals surface area contributed by atoms with Crippen LogP contribution in [0.25, 0.3) is 0 Å². The Balaban J connectivity index is 1.86. The van der Waals surface area contributed by atoms with Crippen LogP contribution >= 0.6 is 0 Å². The van der Waals surface area contributed by atoms with E-state index in [1.54, 1.807) is 22.0 Å². The number of carbonyl (C=O) groups is 3. The van der Waals surface area contributed by atoms with E-state index in [2.05, 4.69) is 13.2 Å². The molecule has 1 aromatic carbocycles. The van der Waals surface area contributed by atoms with Gasteiger partial charge in [-0.2, -0.15) is 0 Å². The molecule has 2 amide bonds. The molecule has 3 saturated heterocycles. The van der Waals surface area contributed by atoms with Gasteiger partial charge in [0.05, 0.1) is 30.8 Å². The standard InChI is InChI=1S/C34H48N2O6/c1-8-12-13-20-41-32(40)27-26-30(38)36(25(21-37)22(5)10-3)29(34(26)18-17-33(27,11-4)42-34)31(39)35(19-9-2)28-23(6)15-14-16-24(28)7/h8-9,14-16,22,25-27,29,37H,1-2,10-13,17-21H2,3-7H3/t22-,25-,26-,27-,29?,33+,34?/m0/s1. The summed E-state index contributed by atoms with van der Waals surface area (Å²) in [4.78, 5) is 46.6. The molecule has 3 aliphatic rings. The van der Waals surface area contributed by atoms with Gasteiger partial charge in [-0.15, -0.1) is 13.2 Å². The SMILES string of the molecule is C=CCCCOC(=O)[C@@H]1[C@H]2C(=O)N([C@@H](CO)[C@@H](C)CC)C(C(=O)N(CC=C)c3c(C)cccc3C)C23CC[C@@]1(CC)O3. The van der Waals surface area contributed by atoms with Gasteiger partial charge in [0, 0.05) is 12.2 Å². The molecule has 230 valence electrons. The Morgan fingerprint density at radius 1 is 1.21 bits per heavy atom. The van der Waals surface area contributed by atoms with Crippen LogP contribution in [-0.2, 0) is 23.9 Å². The lowest BCUT2D eigenvalue weighted by molar-refractivity contribution is -0.162. The molecule has 4 rings (SSSR count). The first-order chi connectivity index (χ1) is 20.1. The van der Waals surface area contributed by atoms with Gasteiger partial charge < -0.3 is 24.4 Å². The van der Waals surface area contributed by atoms with Gasteiger partial charge in [0.1, 0.15) is 17.6 Å². The van der Waals surface area contributed by atoms with E-state index in [4.69, 9.17) is 9.47 Å². The number of fused-ring (bicyclic) bond motifs is 1. The summed E-state index contributed by atoms with van der Waals surface area (Å²) in [6, 6.07) is 4.26. The molecule has 7 atom stereocenters. The van der Waals surface area contributed by atoms with Crippen LogP contribution in [-0.4, -0.2) is 70.8 Å². The lowest BCUT2D eigenvalue weighted by Gasteiger charge is -2.41. The number of rotatable bonds is 14. The number of unbranched alkanes of at least 4 members (excludes halogenated alkanes) is 1. The summed E-state index contributed by atoms with van der Waals surface area (Å²) >= 11 is 0. The summed E-state index contributed by atoms with van der Waals surface area (Å²) < 4.78 is 12.7. The first kappa shape index (κ1) is 32.0. The number of likely N-dealkylation sites (tertiary alicyclic amines) is 1. The Hall–Kier alpha value is -2.97. The zero-order valence-electron chi connectivity index (χ0n) is 25.9. The largest absolute Gasteiger partial charge is 0.465 e. The number of benzene rings is 1. The second-order valence-corrected chi connectivity index (χ2v) is 12.3. The molecule has 8 nitrogen and oxygen atoms in total. The summed E-state index contributed by atoms with van der Waals surface area (Å²) in [6.07, 6.45) is 7.07. The van der Waals surface area contributed by atoms with E-state index < -0.39 is 41.1 Å². The van der Waals surface area contributed by atoms with Crippen molar-refractivity contribution in [3.63, 3.8) is 0 Å². The summed E-state index contributed by atoms with van der Waals surface area (Å²) in [6.45, 7) is 17.7. The van der Waals surface area contributed by atoms with Crippen molar-refractivity contribution in [2.45, 2.75) is 96.4 Å². The number of para-hydroxylation sites is 1. The summed E-state index contributed by atoms with van der Waals surface area (Å²) in [7, 11) is 0. The van der Waals surface area contributed by atoms with Crippen LogP contribution in [0.1, 0.15) is 70.4 Å². The van der Waals surface area contributed by atoms with Gasteiger partial charge >= 0.3 is 5.97 Å². The number of aliphatic hydroxyl groups excluding tert-OH is 1. The third-order valence-corrected chi connectivity index (χ3v) is 10.0. The number of nitrogens with zero attached hydrogens (tertiary/aromatic N) is 2. The number of anilines is 1. The van der Waals surface area contributed by atoms with Crippen LogP contribution in [0.5, 0.6) is 0 Å². The molecular weight excluding hydrogens is 532 g/mol. The third kappa shape index (κ3) is 5.00. The second kappa shape index (κ2) is 12.7. The molecule has 1 aromatic rings. The predicted octanol–water partition coefficient (Wildman–Crippen LogP) is 4.89. The first-order valence-corrected chi connectivity index (χ1v) is 15.5. The Morgan fingerprint density at radius 2 is 1.90 bits per heavy atom. The maximum atomic E-state index is 15.0. The average molecular weight is 581 g/mol. The molecule has 3 aliphatic heterocycles. The van der Waals surface area contributed by atoms with Crippen molar-refractivity contribution in [3.05, 3.63) is 54.6 Å². The van der Waals surface area contributed by atoms with Crippen LogP contribution in [0.4, 0.5) is 5.69 Å². The predicted molar refractivity (Wildman–Crippen MR) is 163 cm³/mol. The number of hydrogen-bond donors (Lipinski definition) is 1. The van der Waals surface area contributed by atoms with E-state index in [0.717, 1.165) is 16.8 Å². The highest BCUT2D eigenvalue weighted by Crippen LogP contribution is 2.65. The molecule has 2 unspecified atom stereocenters. The number of allylic oxidation sites excluding steroid dienone is 1. The van der Waals surface area contributed by atoms with Crippen LogP contribution in [0.3, 0.4) is 0 Å². The minimum Gasteiger partial charge on any atom is -0.465 e. The fraction of sp³-hybridized carbons (Fsp3) is 0.618. The maximum absolute atomic E-state index is 15.0. The normalized spacial score (nSPS) is 29.2. The number of hydrogen-bond acceptors (Lipinski definition) is 6. The van der Waals surface area contributed by atoms with E-state index in [0.29, 0.717) is 38.5 Å². The fourth-order valence-electron chi connectivity index (χ4n) is 7.76. The third-order valence-electron chi connectivity index (χ3n) is 10.0. The summed E-state index contributed by atoms with van der Waals surface area (Å²) in [5.74, 6) is -2.81.